The highest BCUT2D eigenvalue weighted by Crippen LogP contribution is 2.21. The molecule has 116 valence electrons. The fourth-order valence-electron chi connectivity index (χ4n) is 2.50. The SMILES string of the molecule is Cc1cc([N+](=O)[O-])ccc1S(=O)(=O)NCC[C@@H]1CCCN1. The number of hydrogen-bond donors (Lipinski definition) is 2. The molecule has 0 amide bonds. The average Bonchev–Trinajstić information content (AvgIpc) is 2.91. The molecule has 1 aliphatic rings. The Morgan fingerprint density at radius 3 is 2.81 bits per heavy atom. The van der Waals surface area contributed by atoms with E-state index in [-0.39, 0.29) is 10.6 Å². The Bertz CT molecular complexity index is 624. The fourth-order valence-corrected chi connectivity index (χ4v) is 3.77. The van der Waals surface area contributed by atoms with Gasteiger partial charge in [-0.1, -0.05) is 0 Å². The summed E-state index contributed by atoms with van der Waals surface area (Å²) in [6.07, 6.45) is 2.93. The van der Waals surface area contributed by atoms with Gasteiger partial charge in [0.05, 0.1) is 9.82 Å². The van der Waals surface area contributed by atoms with Gasteiger partial charge in [-0.05, 0) is 44.4 Å². The molecule has 21 heavy (non-hydrogen) atoms. The van der Waals surface area contributed by atoms with Gasteiger partial charge in [-0.25, -0.2) is 13.1 Å². The Balaban J connectivity index is 2.03. The number of nitrogens with zero attached hydrogens (tertiary/aromatic N) is 1. The van der Waals surface area contributed by atoms with Crippen LogP contribution in [0.25, 0.3) is 0 Å². The van der Waals surface area contributed by atoms with E-state index >= 15 is 0 Å². The van der Waals surface area contributed by atoms with E-state index in [0.717, 1.165) is 25.8 Å². The van der Waals surface area contributed by atoms with Crippen LogP contribution in [0.4, 0.5) is 5.69 Å². The molecule has 0 unspecified atom stereocenters. The van der Waals surface area contributed by atoms with Crippen molar-refractivity contribution in [1.82, 2.24) is 10.0 Å². The molecule has 0 spiro atoms. The van der Waals surface area contributed by atoms with Crippen LogP contribution in [0.1, 0.15) is 24.8 Å². The van der Waals surface area contributed by atoms with Crippen LogP contribution in [0, 0.1) is 17.0 Å². The van der Waals surface area contributed by atoms with E-state index in [1.807, 2.05) is 0 Å². The van der Waals surface area contributed by atoms with Crippen LogP contribution in [0.15, 0.2) is 23.1 Å². The van der Waals surface area contributed by atoms with Crippen LogP contribution in [0.5, 0.6) is 0 Å². The second kappa shape index (κ2) is 6.50. The summed E-state index contributed by atoms with van der Waals surface area (Å²) in [6.45, 7) is 2.90. The van der Waals surface area contributed by atoms with Crippen LogP contribution in [0.3, 0.4) is 0 Å². The summed E-state index contributed by atoms with van der Waals surface area (Å²) in [7, 11) is -3.63. The number of benzene rings is 1. The predicted molar refractivity (Wildman–Crippen MR) is 78.7 cm³/mol. The summed E-state index contributed by atoms with van der Waals surface area (Å²) in [6, 6.07) is 4.13. The number of nitro groups is 1. The number of sulfonamides is 1. The molecule has 1 aromatic rings. The normalized spacial score (nSPS) is 18.8. The molecule has 7 nitrogen and oxygen atoms in total. The summed E-state index contributed by atoms with van der Waals surface area (Å²) in [5.41, 5.74) is 0.261. The molecule has 1 aromatic carbocycles. The van der Waals surface area contributed by atoms with Crippen molar-refractivity contribution in [2.75, 3.05) is 13.1 Å². The largest absolute Gasteiger partial charge is 0.314 e. The molecule has 0 bridgehead atoms. The molecule has 2 N–H and O–H groups in total. The lowest BCUT2D eigenvalue weighted by Gasteiger charge is -2.12. The molecule has 1 fully saturated rings. The minimum Gasteiger partial charge on any atom is -0.314 e. The van der Waals surface area contributed by atoms with Gasteiger partial charge in [0.2, 0.25) is 10.0 Å². The van der Waals surface area contributed by atoms with Crippen LogP contribution in [-0.4, -0.2) is 32.5 Å². The first kappa shape index (κ1) is 15.9. The zero-order valence-electron chi connectivity index (χ0n) is 11.8. The van der Waals surface area contributed by atoms with Gasteiger partial charge in [0, 0.05) is 24.7 Å². The minimum absolute atomic E-state index is 0.0903. The number of nitro benzene ring substituents is 1. The maximum absolute atomic E-state index is 12.2. The van der Waals surface area contributed by atoms with Crippen molar-refractivity contribution in [1.29, 1.82) is 0 Å². The summed E-state index contributed by atoms with van der Waals surface area (Å²) < 4.78 is 27.0. The Hall–Kier alpha value is -1.51. The molecular weight excluding hydrogens is 294 g/mol. The zero-order valence-corrected chi connectivity index (χ0v) is 12.6. The topological polar surface area (TPSA) is 101 Å². The van der Waals surface area contributed by atoms with Gasteiger partial charge >= 0.3 is 0 Å². The maximum Gasteiger partial charge on any atom is 0.269 e. The first-order valence-corrected chi connectivity index (χ1v) is 8.36. The van der Waals surface area contributed by atoms with Crippen molar-refractivity contribution >= 4 is 15.7 Å². The number of rotatable bonds is 6. The number of hydrogen-bond acceptors (Lipinski definition) is 5. The second-order valence-corrected chi connectivity index (χ2v) is 6.92. The Kier molecular flexibility index (Phi) is 4.92. The maximum atomic E-state index is 12.2. The van der Waals surface area contributed by atoms with Crippen molar-refractivity contribution in [2.45, 2.75) is 37.1 Å². The highest BCUT2D eigenvalue weighted by Gasteiger charge is 2.20. The lowest BCUT2D eigenvalue weighted by atomic mass is 10.2. The fraction of sp³-hybridized carbons (Fsp3) is 0.538. The summed E-state index contributed by atoms with van der Waals surface area (Å²) in [4.78, 5) is 10.2. The third kappa shape index (κ3) is 3.99. The van der Waals surface area contributed by atoms with Crippen LogP contribution in [-0.2, 0) is 10.0 Å². The van der Waals surface area contributed by atoms with Crippen molar-refractivity contribution in [2.24, 2.45) is 0 Å². The molecule has 0 aliphatic carbocycles. The van der Waals surface area contributed by atoms with Gasteiger partial charge in [0.15, 0.2) is 0 Å². The lowest BCUT2D eigenvalue weighted by Crippen LogP contribution is -2.31. The van der Waals surface area contributed by atoms with Gasteiger partial charge in [0.1, 0.15) is 0 Å². The van der Waals surface area contributed by atoms with E-state index in [0.29, 0.717) is 18.2 Å². The lowest BCUT2D eigenvalue weighted by molar-refractivity contribution is -0.385. The van der Waals surface area contributed by atoms with Gasteiger partial charge in [-0.15, -0.1) is 0 Å². The Labute approximate surface area is 123 Å². The standard InChI is InChI=1S/C13H19N3O4S/c1-10-9-12(16(17)18)4-5-13(10)21(19,20)15-8-6-11-3-2-7-14-11/h4-5,9,11,14-15H,2-3,6-8H2,1H3/t11-/m0/s1. The third-order valence-electron chi connectivity index (χ3n) is 3.61. The molecular formula is C13H19N3O4S. The first-order valence-electron chi connectivity index (χ1n) is 6.88. The van der Waals surface area contributed by atoms with E-state index in [2.05, 4.69) is 10.0 Å². The van der Waals surface area contributed by atoms with Gasteiger partial charge in [-0.2, -0.15) is 0 Å². The summed E-state index contributed by atoms with van der Waals surface area (Å²) in [5.74, 6) is 0. The quantitative estimate of drug-likeness (QED) is 0.609. The highest BCUT2D eigenvalue weighted by atomic mass is 32.2. The second-order valence-electron chi connectivity index (χ2n) is 5.19. The monoisotopic (exact) mass is 313 g/mol. The number of nitrogens with one attached hydrogen (secondary N) is 2. The van der Waals surface area contributed by atoms with Crippen LogP contribution in [0.2, 0.25) is 0 Å². The molecule has 0 aromatic heterocycles. The molecule has 1 aliphatic heterocycles. The molecule has 2 rings (SSSR count). The number of non-ortho nitro benzene ring substituents is 1. The molecule has 1 atom stereocenters. The average molecular weight is 313 g/mol. The zero-order chi connectivity index (χ0) is 15.5. The van der Waals surface area contributed by atoms with Crippen molar-refractivity contribution < 1.29 is 13.3 Å². The molecule has 0 saturated carbocycles. The minimum atomic E-state index is -3.63. The van der Waals surface area contributed by atoms with Gasteiger partial charge in [0.25, 0.3) is 5.69 Å². The smallest absolute Gasteiger partial charge is 0.269 e. The molecule has 1 saturated heterocycles. The van der Waals surface area contributed by atoms with E-state index in [1.165, 1.54) is 18.2 Å². The van der Waals surface area contributed by atoms with Gasteiger partial charge < -0.3 is 5.32 Å². The Morgan fingerprint density at radius 1 is 1.48 bits per heavy atom. The van der Waals surface area contributed by atoms with E-state index < -0.39 is 14.9 Å². The van der Waals surface area contributed by atoms with Gasteiger partial charge in [-0.3, -0.25) is 10.1 Å². The van der Waals surface area contributed by atoms with Crippen molar-refractivity contribution in [3.63, 3.8) is 0 Å². The highest BCUT2D eigenvalue weighted by molar-refractivity contribution is 7.89. The van der Waals surface area contributed by atoms with Crippen molar-refractivity contribution in [3.05, 3.63) is 33.9 Å². The van der Waals surface area contributed by atoms with Crippen LogP contribution < -0.4 is 10.0 Å². The molecule has 1 heterocycles. The predicted octanol–water partition coefficient (Wildman–Crippen LogP) is 1.32. The summed E-state index contributed by atoms with van der Waals surface area (Å²) in [5, 5.41) is 14.0. The first-order chi connectivity index (χ1) is 9.90. The van der Waals surface area contributed by atoms with E-state index in [1.54, 1.807) is 6.92 Å². The van der Waals surface area contributed by atoms with Crippen molar-refractivity contribution in [3.8, 4) is 0 Å². The van der Waals surface area contributed by atoms with Crippen LogP contribution >= 0.6 is 0 Å². The third-order valence-corrected chi connectivity index (χ3v) is 5.23. The van der Waals surface area contributed by atoms with E-state index in [9.17, 15) is 18.5 Å². The molecule has 0 radical (unpaired) electrons. The molecule has 8 heteroatoms. The summed E-state index contributed by atoms with van der Waals surface area (Å²) >= 11 is 0. The number of aryl methyl sites for hydroxylation is 1. The van der Waals surface area contributed by atoms with E-state index in [4.69, 9.17) is 0 Å². The Morgan fingerprint density at radius 2 is 2.24 bits per heavy atom.